The zero-order valence-corrected chi connectivity index (χ0v) is 20.4. The quantitative estimate of drug-likeness (QED) is 0.284. The van der Waals surface area contributed by atoms with E-state index in [0.717, 1.165) is 32.1 Å². The normalized spacial score (nSPS) is 23.6. The molecular weight excluding hydrogens is 479 g/mol. The molecule has 3 atom stereocenters. The number of guanidine groups is 1. The molecule has 1 N–H and O–H groups in total. The third-order valence-electron chi connectivity index (χ3n) is 6.12. The summed E-state index contributed by atoms with van der Waals surface area (Å²) >= 11 is 0. The molecule has 2 saturated heterocycles. The summed E-state index contributed by atoms with van der Waals surface area (Å²) in [7, 11) is 3.28. The Morgan fingerprint density at radius 1 is 1.24 bits per heavy atom. The van der Waals surface area contributed by atoms with Crippen LogP contribution in [0.4, 0.5) is 0 Å². The average Bonchev–Trinajstić information content (AvgIpc) is 3.36. The first-order chi connectivity index (χ1) is 13.5. The molecule has 0 bridgehead atoms. The van der Waals surface area contributed by atoms with E-state index in [0.29, 0.717) is 12.6 Å². The van der Waals surface area contributed by atoms with E-state index in [9.17, 15) is 4.79 Å². The topological polar surface area (TPSA) is 57.2 Å². The van der Waals surface area contributed by atoms with Gasteiger partial charge in [-0.25, -0.2) is 0 Å². The van der Waals surface area contributed by atoms with Crippen molar-refractivity contribution in [3.63, 3.8) is 0 Å². The number of carbonyl (C=O) groups is 1. The minimum atomic E-state index is -0.125. The molecule has 0 saturated carbocycles. The number of halogens is 1. The van der Waals surface area contributed by atoms with Crippen molar-refractivity contribution in [2.45, 2.75) is 32.7 Å². The summed E-state index contributed by atoms with van der Waals surface area (Å²) in [5.41, 5.74) is 2.63. The van der Waals surface area contributed by atoms with Gasteiger partial charge in [-0.3, -0.25) is 14.7 Å². The highest BCUT2D eigenvalue weighted by Crippen LogP contribution is 2.26. The van der Waals surface area contributed by atoms with Crippen LogP contribution in [0.1, 0.15) is 36.9 Å². The molecule has 162 valence electrons. The number of methoxy groups -OCH3 is 1. The second-order valence-corrected chi connectivity index (χ2v) is 8.11. The lowest BCUT2D eigenvalue weighted by Gasteiger charge is -2.30. The van der Waals surface area contributed by atoms with Crippen LogP contribution in [0.15, 0.2) is 29.3 Å². The zero-order chi connectivity index (χ0) is 20.1. The van der Waals surface area contributed by atoms with Crippen LogP contribution in [-0.4, -0.2) is 68.6 Å². The molecule has 2 fully saturated rings. The maximum Gasteiger partial charge on any atom is 0.310 e. The molecular formula is C22H35IN4O2. The van der Waals surface area contributed by atoms with Crippen LogP contribution in [0.3, 0.4) is 0 Å². The van der Waals surface area contributed by atoms with Crippen LogP contribution in [0.25, 0.3) is 0 Å². The number of benzene rings is 1. The van der Waals surface area contributed by atoms with Gasteiger partial charge in [-0.15, -0.1) is 24.0 Å². The molecule has 0 radical (unpaired) electrons. The fourth-order valence-electron chi connectivity index (χ4n) is 4.42. The molecule has 6 nitrogen and oxygen atoms in total. The minimum Gasteiger partial charge on any atom is -0.469 e. The highest BCUT2D eigenvalue weighted by Gasteiger charge is 2.37. The van der Waals surface area contributed by atoms with E-state index in [1.165, 1.54) is 31.1 Å². The van der Waals surface area contributed by atoms with Crippen molar-refractivity contribution in [3.05, 3.63) is 35.4 Å². The van der Waals surface area contributed by atoms with Gasteiger partial charge in [0.15, 0.2) is 5.96 Å². The average molecular weight is 514 g/mol. The van der Waals surface area contributed by atoms with Gasteiger partial charge in [0.1, 0.15) is 0 Å². The predicted molar refractivity (Wildman–Crippen MR) is 128 cm³/mol. The van der Waals surface area contributed by atoms with Crippen molar-refractivity contribution in [3.8, 4) is 0 Å². The zero-order valence-electron chi connectivity index (χ0n) is 18.1. The highest BCUT2D eigenvalue weighted by molar-refractivity contribution is 14.0. The lowest BCUT2D eigenvalue weighted by molar-refractivity contribution is -0.145. The maximum atomic E-state index is 12.0. The van der Waals surface area contributed by atoms with Gasteiger partial charge in [0.05, 0.1) is 19.1 Å². The molecule has 0 aromatic heterocycles. The van der Waals surface area contributed by atoms with Crippen molar-refractivity contribution >= 4 is 35.9 Å². The Kier molecular flexibility index (Phi) is 9.20. The van der Waals surface area contributed by atoms with Crippen molar-refractivity contribution in [2.24, 2.45) is 16.8 Å². The first-order valence-corrected chi connectivity index (χ1v) is 10.4. The number of aryl methyl sites for hydroxylation is 1. The lowest BCUT2D eigenvalue weighted by Crippen LogP contribution is -2.44. The first-order valence-electron chi connectivity index (χ1n) is 10.4. The molecule has 1 aromatic rings. The summed E-state index contributed by atoms with van der Waals surface area (Å²) in [5, 5.41) is 3.58. The number of hydrogen-bond donors (Lipinski definition) is 1. The van der Waals surface area contributed by atoms with Gasteiger partial charge in [0.2, 0.25) is 0 Å². The van der Waals surface area contributed by atoms with E-state index >= 15 is 0 Å². The van der Waals surface area contributed by atoms with E-state index < -0.39 is 0 Å². The Morgan fingerprint density at radius 2 is 1.90 bits per heavy atom. The number of aliphatic imine (C=N–C) groups is 1. The second kappa shape index (κ2) is 11.2. The lowest BCUT2D eigenvalue weighted by atomic mass is 9.99. The first kappa shape index (κ1) is 23.9. The molecule has 0 aliphatic carbocycles. The van der Waals surface area contributed by atoms with Gasteiger partial charge in [0.25, 0.3) is 0 Å². The van der Waals surface area contributed by atoms with Crippen LogP contribution in [0, 0.1) is 18.8 Å². The smallest absolute Gasteiger partial charge is 0.310 e. The SMILES string of the molecule is CN=C(NCC(c1ccc(C)cc1)N1CCCC1)N1CC(C)C(C(=O)OC)C1.I. The van der Waals surface area contributed by atoms with Crippen molar-refractivity contribution in [2.75, 3.05) is 46.9 Å². The van der Waals surface area contributed by atoms with E-state index in [1.807, 2.05) is 7.05 Å². The highest BCUT2D eigenvalue weighted by atomic mass is 127. The third-order valence-corrected chi connectivity index (χ3v) is 6.12. The third kappa shape index (κ3) is 5.84. The van der Waals surface area contributed by atoms with E-state index in [-0.39, 0.29) is 41.8 Å². The molecule has 0 amide bonds. The standard InChI is InChI=1S/C22H34N4O2.HI/c1-16-7-9-18(10-8-16)20(25-11-5-6-12-25)13-24-22(23-3)26-14-17(2)19(15-26)21(27)28-4;/h7-10,17,19-20H,5-6,11-15H2,1-4H3,(H,23,24);1H. The minimum absolute atomic E-state index is 0. The molecule has 2 aliphatic heterocycles. The van der Waals surface area contributed by atoms with E-state index in [1.54, 1.807) is 0 Å². The number of nitrogens with one attached hydrogen (secondary N) is 1. The fraction of sp³-hybridized carbons (Fsp3) is 0.636. The largest absolute Gasteiger partial charge is 0.469 e. The maximum absolute atomic E-state index is 12.0. The molecule has 2 heterocycles. The number of likely N-dealkylation sites (tertiary alicyclic amines) is 2. The number of nitrogens with zero attached hydrogens (tertiary/aromatic N) is 3. The van der Waals surface area contributed by atoms with Gasteiger partial charge < -0.3 is 15.0 Å². The number of carbonyl (C=O) groups excluding carboxylic acids is 1. The Hall–Kier alpha value is -1.35. The second-order valence-electron chi connectivity index (χ2n) is 8.11. The molecule has 29 heavy (non-hydrogen) atoms. The Morgan fingerprint density at radius 3 is 2.48 bits per heavy atom. The van der Waals surface area contributed by atoms with Crippen molar-refractivity contribution in [1.29, 1.82) is 0 Å². The molecule has 0 spiro atoms. The molecule has 1 aromatic carbocycles. The van der Waals surface area contributed by atoms with E-state index in [4.69, 9.17) is 4.74 Å². The Labute approximate surface area is 192 Å². The number of rotatable bonds is 5. The van der Waals surface area contributed by atoms with Gasteiger partial charge in [-0.1, -0.05) is 36.8 Å². The van der Waals surface area contributed by atoms with E-state index in [2.05, 4.69) is 58.2 Å². The fourth-order valence-corrected chi connectivity index (χ4v) is 4.42. The van der Waals surface area contributed by atoms with Crippen LogP contribution >= 0.6 is 24.0 Å². The van der Waals surface area contributed by atoms with Gasteiger partial charge in [0, 0.05) is 26.7 Å². The van der Waals surface area contributed by atoms with Crippen LogP contribution in [0.5, 0.6) is 0 Å². The molecule has 3 unspecified atom stereocenters. The summed E-state index contributed by atoms with van der Waals surface area (Å²) in [6, 6.07) is 9.20. The summed E-state index contributed by atoms with van der Waals surface area (Å²) < 4.78 is 4.97. The summed E-state index contributed by atoms with van der Waals surface area (Å²) in [5.74, 6) is 0.919. The van der Waals surface area contributed by atoms with Crippen molar-refractivity contribution < 1.29 is 9.53 Å². The number of hydrogen-bond acceptors (Lipinski definition) is 4. The van der Waals surface area contributed by atoms with Crippen LogP contribution in [-0.2, 0) is 9.53 Å². The molecule has 2 aliphatic rings. The molecule has 7 heteroatoms. The predicted octanol–water partition coefficient (Wildman–Crippen LogP) is 3.07. The van der Waals surface area contributed by atoms with Gasteiger partial charge in [-0.2, -0.15) is 0 Å². The van der Waals surface area contributed by atoms with Gasteiger partial charge in [-0.05, 0) is 44.3 Å². The summed E-state index contributed by atoms with van der Waals surface area (Å²) in [6.07, 6.45) is 2.53. The van der Waals surface area contributed by atoms with Crippen LogP contribution in [0.2, 0.25) is 0 Å². The Balaban J connectivity index is 0.00000300. The molecule has 3 rings (SSSR count). The summed E-state index contributed by atoms with van der Waals surface area (Å²) in [4.78, 5) is 21.3. The Bertz CT molecular complexity index is 689. The monoisotopic (exact) mass is 514 g/mol. The number of ether oxygens (including phenoxy) is 1. The van der Waals surface area contributed by atoms with Crippen molar-refractivity contribution in [1.82, 2.24) is 15.1 Å². The van der Waals surface area contributed by atoms with Gasteiger partial charge >= 0.3 is 5.97 Å². The van der Waals surface area contributed by atoms with Crippen LogP contribution < -0.4 is 5.32 Å². The summed E-state index contributed by atoms with van der Waals surface area (Å²) in [6.45, 7) is 8.80. The number of esters is 1.